The average Bonchev–Trinajstić information content (AvgIpc) is 3.38. The number of hydrogen-bond donors (Lipinski definition) is 1. The molecule has 1 N–H and O–H groups in total. The monoisotopic (exact) mass is 394 g/mol. The topological polar surface area (TPSA) is 51.2 Å². The van der Waals surface area contributed by atoms with Crippen molar-refractivity contribution in [3.8, 4) is 0 Å². The minimum absolute atomic E-state index is 0.0531. The Hall–Kier alpha value is -2.24. The predicted octanol–water partition coefficient (Wildman–Crippen LogP) is 4.34. The maximum absolute atomic E-state index is 13.5. The third-order valence-electron chi connectivity index (χ3n) is 5.79. The lowest BCUT2D eigenvalue weighted by atomic mass is 9.78. The Morgan fingerprint density at radius 3 is 2.71 bits per heavy atom. The highest BCUT2D eigenvalue weighted by Gasteiger charge is 2.38. The van der Waals surface area contributed by atoms with E-state index in [0.29, 0.717) is 12.3 Å². The van der Waals surface area contributed by atoms with E-state index < -0.39 is 5.41 Å². The Kier molecular flexibility index (Phi) is 5.47. The molecule has 146 valence electrons. The SMILES string of the molecule is C[C@H](NC(=O)[C@@](C)(Cc1nc2ccccc2s1)c1ccccc1)[C@H]1CCOC1. The van der Waals surface area contributed by atoms with Crippen molar-refractivity contribution in [3.63, 3.8) is 0 Å². The second-order valence-corrected chi connectivity index (χ2v) is 8.95. The number of hydrogen-bond acceptors (Lipinski definition) is 4. The number of para-hydroxylation sites is 1. The lowest BCUT2D eigenvalue weighted by molar-refractivity contribution is -0.127. The van der Waals surface area contributed by atoms with Crippen molar-refractivity contribution in [2.45, 2.75) is 38.1 Å². The van der Waals surface area contributed by atoms with Crippen LogP contribution in [-0.4, -0.2) is 30.1 Å². The van der Waals surface area contributed by atoms with Crippen molar-refractivity contribution in [2.75, 3.05) is 13.2 Å². The largest absolute Gasteiger partial charge is 0.381 e. The first kappa shape index (κ1) is 19.1. The molecule has 0 radical (unpaired) electrons. The van der Waals surface area contributed by atoms with Crippen LogP contribution in [0.1, 0.15) is 30.8 Å². The average molecular weight is 395 g/mol. The number of carbonyl (C=O) groups excluding carboxylic acids is 1. The van der Waals surface area contributed by atoms with E-state index in [0.717, 1.165) is 40.4 Å². The number of amides is 1. The summed E-state index contributed by atoms with van der Waals surface area (Å²) in [7, 11) is 0. The Bertz CT molecular complexity index is 916. The van der Waals surface area contributed by atoms with Crippen LogP contribution in [0.4, 0.5) is 0 Å². The molecular formula is C23H26N2O2S. The van der Waals surface area contributed by atoms with Gasteiger partial charge in [-0.25, -0.2) is 4.98 Å². The molecule has 1 aliphatic heterocycles. The van der Waals surface area contributed by atoms with Crippen molar-refractivity contribution in [3.05, 3.63) is 65.2 Å². The van der Waals surface area contributed by atoms with Crippen LogP contribution < -0.4 is 5.32 Å². The standard InChI is InChI=1S/C23H26N2O2S/c1-16(17-12-13-27-15-17)24-22(26)23(2,18-8-4-3-5-9-18)14-21-25-19-10-6-7-11-20(19)28-21/h3-11,16-17H,12-15H2,1-2H3,(H,24,26)/t16-,17-,23-/m0/s1. The van der Waals surface area contributed by atoms with Gasteiger partial charge in [-0.2, -0.15) is 0 Å². The third kappa shape index (κ3) is 3.82. The number of fused-ring (bicyclic) bond motifs is 1. The van der Waals surface area contributed by atoms with Gasteiger partial charge in [0.15, 0.2) is 0 Å². The summed E-state index contributed by atoms with van der Waals surface area (Å²) in [5, 5.41) is 4.26. The zero-order chi connectivity index (χ0) is 19.6. The van der Waals surface area contributed by atoms with Gasteiger partial charge in [-0.05, 0) is 38.0 Å². The summed E-state index contributed by atoms with van der Waals surface area (Å²) in [6.07, 6.45) is 1.58. The van der Waals surface area contributed by atoms with E-state index in [4.69, 9.17) is 9.72 Å². The van der Waals surface area contributed by atoms with Crippen LogP contribution >= 0.6 is 11.3 Å². The van der Waals surface area contributed by atoms with Gasteiger partial charge in [-0.1, -0.05) is 42.5 Å². The van der Waals surface area contributed by atoms with Crippen LogP contribution in [0.3, 0.4) is 0 Å². The number of rotatable bonds is 6. The van der Waals surface area contributed by atoms with E-state index in [-0.39, 0.29) is 11.9 Å². The first-order chi connectivity index (χ1) is 13.6. The zero-order valence-electron chi connectivity index (χ0n) is 16.4. The Labute approximate surface area is 169 Å². The molecule has 5 heteroatoms. The molecule has 1 aromatic heterocycles. The van der Waals surface area contributed by atoms with Gasteiger partial charge in [0, 0.05) is 25.0 Å². The smallest absolute Gasteiger partial charge is 0.231 e. The molecule has 1 fully saturated rings. The molecule has 0 aliphatic carbocycles. The van der Waals surface area contributed by atoms with Crippen molar-refractivity contribution in [1.29, 1.82) is 0 Å². The number of ether oxygens (including phenoxy) is 1. The fourth-order valence-electron chi connectivity index (χ4n) is 3.85. The van der Waals surface area contributed by atoms with Crippen LogP contribution in [-0.2, 0) is 21.4 Å². The Morgan fingerprint density at radius 1 is 1.25 bits per heavy atom. The van der Waals surface area contributed by atoms with Gasteiger partial charge in [-0.3, -0.25) is 4.79 Å². The summed E-state index contributed by atoms with van der Waals surface area (Å²) in [6, 6.07) is 18.3. The van der Waals surface area contributed by atoms with Gasteiger partial charge >= 0.3 is 0 Å². The number of aromatic nitrogens is 1. The van der Waals surface area contributed by atoms with Gasteiger partial charge in [0.25, 0.3) is 0 Å². The summed E-state index contributed by atoms with van der Waals surface area (Å²) in [5.74, 6) is 0.434. The quantitative estimate of drug-likeness (QED) is 0.677. The molecule has 0 bridgehead atoms. The van der Waals surface area contributed by atoms with Crippen molar-refractivity contribution in [1.82, 2.24) is 10.3 Å². The highest BCUT2D eigenvalue weighted by atomic mass is 32.1. The summed E-state index contributed by atoms with van der Waals surface area (Å²) >= 11 is 1.67. The van der Waals surface area contributed by atoms with Gasteiger partial charge in [0.05, 0.1) is 27.2 Å². The highest BCUT2D eigenvalue weighted by Crippen LogP contribution is 2.32. The summed E-state index contributed by atoms with van der Waals surface area (Å²) in [6.45, 7) is 5.62. The first-order valence-electron chi connectivity index (χ1n) is 9.85. The van der Waals surface area contributed by atoms with E-state index in [9.17, 15) is 4.79 Å². The molecular weight excluding hydrogens is 368 g/mol. The second-order valence-electron chi connectivity index (χ2n) is 7.84. The van der Waals surface area contributed by atoms with E-state index >= 15 is 0 Å². The van der Waals surface area contributed by atoms with Crippen LogP contribution in [0.2, 0.25) is 0 Å². The van der Waals surface area contributed by atoms with E-state index in [1.165, 1.54) is 0 Å². The molecule has 2 aromatic carbocycles. The second kappa shape index (κ2) is 8.02. The molecule has 1 aliphatic rings. The number of nitrogens with one attached hydrogen (secondary N) is 1. The normalized spacial score (nSPS) is 20.0. The molecule has 0 saturated carbocycles. The zero-order valence-corrected chi connectivity index (χ0v) is 17.2. The molecule has 3 aromatic rings. The molecule has 0 spiro atoms. The lowest BCUT2D eigenvalue weighted by Gasteiger charge is -2.31. The van der Waals surface area contributed by atoms with E-state index in [2.05, 4.69) is 18.3 Å². The fourth-order valence-corrected chi connectivity index (χ4v) is 4.97. The molecule has 1 amide bonds. The number of nitrogens with zero attached hydrogens (tertiary/aromatic N) is 1. The van der Waals surface area contributed by atoms with Gasteiger partial charge in [-0.15, -0.1) is 11.3 Å². The summed E-state index contributed by atoms with van der Waals surface area (Å²) < 4.78 is 6.66. The fraction of sp³-hybridized carbons (Fsp3) is 0.391. The molecule has 2 heterocycles. The number of thiazole rings is 1. The summed E-state index contributed by atoms with van der Waals surface area (Å²) in [5.41, 5.74) is 1.33. The van der Waals surface area contributed by atoms with Crippen LogP contribution in [0.25, 0.3) is 10.2 Å². The Balaban J connectivity index is 1.62. The maximum atomic E-state index is 13.5. The predicted molar refractivity (Wildman–Crippen MR) is 114 cm³/mol. The minimum Gasteiger partial charge on any atom is -0.381 e. The van der Waals surface area contributed by atoms with Crippen molar-refractivity contribution >= 4 is 27.5 Å². The molecule has 4 nitrogen and oxygen atoms in total. The van der Waals surface area contributed by atoms with Crippen LogP contribution in [0, 0.1) is 5.92 Å². The number of benzene rings is 2. The van der Waals surface area contributed by atoms with Crippen LogP contribution in [0.15, 0.2) is 54.6 Å². The maximum Gasteiger partial charge on any atom is 0.231 e. The van der Waals surface area contributed by atoms with E-state index in [1.807, 2.05) is 55.5 Å². The summed E-state index contributed by atoms with van der Waals surface area (Å²) in [4.78, 5) is 18.3. The molecule has 3 atom stereocenters. The van der Waals surface area contributed by atoms with Gasteiger partial charge in [0.2, 0.25) is 5.91 Å². The molecule has 28 heavy (non-hydrogen) atoms. The minimum atomic E-state index is -0.678. The molecule has 4 rings (SSSR count). The molecule has 1 saturated heterocycles. The Morgan fingerprint density at radius 2 is 2.00 bits per heavy atom. The number of carbonyl (C=O) groups is 1. The lowest BCUT2D eigenvalue weighted by Crippen LogP contribution is -2.49. The van der Waals surface area contributed by atoms with Gasteiger partial charge < -0.3 is 10.1 Å². The first-order valence-corrected chi connectivity index (χ1v) is 10.7. The molecule has 0 unspecified atom stereocenters. The van der Waals surface area contributed by atoms with E-state index in [1.54, 1.807) is 11.3 Å². The van der Waals surface area contributed by atoms with Gasteiger partial charge in [0.1, 0.15) is 0 Å². The third-order valence-corrected chi connectivity index (χ3v) is 6.82. The van der Waals surface area contributed by atoms with Crippen LogP contribution in [0.5, 0.6) is 0 Å². The van der Waals surface area contributed by atoms with Crippen molar-refractivity contribution < 1.29 is 9.53 Å². The highest BCUT2D eigenvalue weighted by molar-refractivity contribution is 7.18. The van der Waals surface area contributed by atoms with Crippen molar-refractivity contribution in [2.24, 2.45) is 5.92 Å².